The molecule has 1 aliphatic rings. The number of benzene rings is 3. The van der Waals surface area contributed by atoms with Gasteiger partial charge in [0.2, 0.25) is 11.8 Å². The number of carbonyl (C=O) groups excluding carboxylic acids is 3. The van der Waals surface area contributed by atoms with Gasteiger partial charge in [0.15, 0.2) is 0 Å². The number of carbonyl (C=O) groups is 3. The Morgan fingerprint density at radius 2 is 1.71 bits per heavy atom. The largest absolute Gasteiger partial charge is 0.494 e. The van der Waals surface area contributed by atoms with E-state index in [9.17, 15) is 14.4 Å². The molecule has 0 bridgehead atoms. The first-order valence-electron chi connectivity index (χ1n) is 11.0. The summed E-state index contributed by atoms with van der Waals surface area (Å²) in [5, 5.41) is 5.60. The summed E-state index contributed by atoms with van der Waals surface area (Å²) in [4.78, 5) is 40.4. The quantitative estimate of drug-likeness (QED) is 0.514. The molecule has 172 valence electrons. The second kappa shape index (κ2) is 10.5. The molecule has 4 rings (SSSR count). The average molecular weight is 456 g/mol. The van der Waals surface area contributed by atoms with E-state index in [4.69, 9.17) is 4.74 Å². The lowest BCUT2D eigenvalue weighted by Crippen LogP contribution is -2.52. The molecular formula is C27H25N3O4. The summed E-state index contributed by atoms with van der Waals surface area (Å²) in [6.07, 6.45) is 2.91. The summed E-state index contributed by atoms with van der Waals surface area (Å²) in [6, 6.07) is 22.4. The molecule has 3 amide bonds. The Bertz CT molecular complexity index is 1210. The highest BCUT2D eigenvalue weighted by Crippen LogP contribution is 2.33. The molecule has 0 spiro atoms. The molecule has 0 saturated heterocycles. The van der Waals surface area contributed by atoms with Gasteiger partial charge >= 0.3 is 0 Å². The third-order valence-corrected chi connectivity index (χ3v) is 5.32. The van der Waals surface area contributed by atoms with Gasteiger partial charge in [-0.25, -0.2) is 0 Å². The van der Waals surface area contributed by atoms with E-state index in [1.807, 2.05) is 37.3 Å². The summed E-state index contributed by atoms with van der Waals surface area (Å²) >= 11 is 0. The Balaban J connectivity index is 1.55. The molecule has 1 atom stereocenters. The second-order valence-corrected chi connectivity index (χ2v) is 7.68. The number of hydrogen-bond acceptors (Lipinski definition) is 4. The van der Waals surface area contributed by atoms with Crippen LogP contribution in [-0.2, 0) is 14.4 Å². The SMILES string of the molecule is CCOc1ccc(NC(=O)CC2C(=O)Nc3ccccc3N2C(=O)/C=C/c2ccccc2)cc1. The van der Waals surface area contributed by atoms with Crippen LogP contribution in [0, 0.1) is 0 Å². The number of amides is 3. The zero-order valence-corrected chi connectivity index (χ0v) is 18.7. The van der Waals surface area contributed by atoms with Crippen molar-refractivity contribution in [2.45, 2.75) is 19.4 Å². The van der Waals surface area contributed by atoms with Crippen LogP contribution in [0.15, 0.2) is 84.9 Å². The Labute approximate surface area is 198 Å². The molecule has 7 nitrogen and oxygen atoms in total. The summed E-state index contributed by atoms with van der Waals surface area (Å²) in [5.41, 5.74) is 2.50. The maximum atomic E-state index is 13.2. The summed E-state index contributed by atoms with van der Waals surface area (Å²) in [5.74, 6) is -0.480. The summed E-state index contributed by atoms with van der Waals surface area (Å²) in [7, 11) is 0. The standard InChI is InChI=1S/C27H25N3O4/c1-2-34-21-15-13-20(14-16-21)28-25(31)18-24-27(33)29-22-10-6-7-11-23(22)30(24)26(32)17-12-19-8-4-3-5-9-19/h3-17,24H,2,18H2,1H3,(H,28,31)(H,29,33)/b17-12+. The fourth-order valence-corrected chi connectivity index (χ4v) is 3.75. The van der Waals surface area contributed by atoms with Gasteiger partial charge in [-0.05, 0) is 55.0 Å². The Hall–Kier alpha value is -4.39. The molecule has 1 heterocycles. The molecule has 3 aromatic carbocycles. The normalized spacial score (nSPS) is 14.9. The third kappa shape index (κ3) is 5.32. The number of anilines is 3. The first-order chi connectivity index (χ1) is 16.5. The van der Waals surface area contributed by atoms with E-state index in [0.29, 0.717) is 29.4 Å². The third-order valence-electron chi connectivity index (χ3n) is 5.32. The van der Waals surface area contributed by atoms with Crippen LogP contribution in [0.25, 0.3) is 6.08 Å². The van der Waals surface area contributed by atoms with Crippen molar-refractivity contribution in [3.63, 3.8) is 0 Å². The summed E-state index contributed by atoms with van der Waals surface area (Å²) < 4.78 is 5.41. The zero-order chi connectivity index (χ0) is 23.9. The van der Waals surface area contributed by atoms with Crippen LogP contribution in [0.4, 0.5) is 17.1 Å². The van der Waals surface area contributed by atoms with Gasteiger partial charge in [-0.15, -0.1) is 0 Å². The molecule has 0 saturated carbocycles. The van der Waals surface area contributed by atoms with Crippen LogP contribution in [0.3, 0.4) is 0 Å². The van der Waals surface area contributed by atoms with Crippen LogP contribution in [0.2, 0.25) is 0 Å². The van der Waals surface area contributed by atoms with Gasteiger partial charge in [0, 0.05) is 11.8 Å². The van der Waals surface area contributed by atoms with E-state index in [1.165, 1.54) is 11.0 Å². The van der Waals surface area contributed by atoms with Crippen LogP contribution >= 0.6 is 0 Å². The first-order valence-corrected chi connectivity index (χ1v) is 11.0. The lowest BCUT2D eigenvalue weighted by atomic mass is 10.0. The lowest BCUT2D eigenvalue weighted by molar-refractivity contribution is -0.124. The van der Waals surface area contributed by atoms with Crippen molar-refractivity contribution in [3.8, 4) is 5.75 Å². The van der Waals surface area contributed by atoms with Crippen molar-refractivity contribution in [3.05, 3.63) is 90.5 Å². The van der Waals surface area contributed by atoms with Gasteiger partial charge in [-0.3, -0.25) is 19.3 Å². The number of fused-ring (bicyclic) bond motifs is 1. The number of para-hydroxylation sites is 2. The second-order valence-electron chi connectivity index (χ2n) is 7.68. The fraction of sp³-hybridized carbons (Fsp3) is 0.148. The molecule has 0 fully saturated rings. The van der Waals surface area contributed by atoms with Crippen LogP contribution in [-0.4, -0.2) is 30.4 Å². The molecular weight excluding hydrogens is 430 g/mol. The van der Waals surface area contributed by atoms with E-state index < -0.39 is 11.9 Å². The lowest BCUT2D eigenvalue weighted by Gasteiger charge is -2.35. The highest BCUT2D eigenvalue weighted by molar-refractivity contribution is 6.16. The number of ether oxygens (including phenoxy) is 1. The predicted octanol–water partition coefficient (Wildman–Crippen LogP) is 4.48. The molecule has 1 unspecified atom stereocenters. The monoisotopic (exact) mass is 455 g/mol. The number of hydrogen-bond donors (Lipinski definition) is 2. The maximum Gasteiger partial charge on any atom is 0.251 e. The fourth-order valence-electron chi connectivity index (χ4n) is 3.75. The smallest absolute Gasteiger partial charge is 0.251 e. The van der Waals surface area contributed by atoms with Crippen LogP contribution < -0.4 is 20.3 Å². The Morgan fingerprint density at radius 1 is 1.00 bits per heavy atom. The topological polar surface area (TPSA) is 87.7 Å². The minimum Gasteiger partial charge on any atom is -0.494 e. The maximum absolute atomic E-state index is 13.2. The van der Waals surface area contributed by atoms with Gasteiger partial charge in [0.25, 0.3) is 5.91 Å². The average Bonchev–Trinajstić information content (AvgIpc) is 2.85. The van der Waals surface area contributed by atoms with Gasteiger partial charge in [0.05, 0.1) is 24.4 Å². The first kappa shape index (κ1) is 22.8. The van der Waals surface area contributed by atoms with Crippen LogP contribution in [0.1, 0.15) is 18.9 Å². The number of rotatable bonds is 7. The minimum absolute atomic E-state index is 0.196. The molecule has 2 N–H and O–H groups in total. The predicted molar refractivity (Wildman–Crippen MR) is 133 cm³/mol. The van der Waals surface area contributed by atoms with Crippen molar-refractivity contribution in [2.75, 3.05) is 22.1 Å². The van der Waals surface area contributed by atoms with E-state index in [2.05, 4.69) is 10.6 Å². The molecule has 3 aromatic rings. The van der Waals surface area contributed by atoms with Crippen molar-refractivity contribution in [2.24, 2.45) is 0 Å². The Kier molecular flexibility index (Phi) is 7.03. The Morgan fingerprint density at radius 3 is 2.44 bits per heavy atom. The highest BCUT2D eigenvalue weighted by Gasteiger charge is 2.37. The molecule has 7 heteroatoms. The van der Waals surface area contributed by atoms with Crippen molar-refractivity contribution in [1.82, 2.24) is 0 Å². The van der Waals surface area contributed by atoms with E-state index in [1.54, 1.807) is 54.6 Å². The zero-order valence-electron chi connectivity index (χ0n) is 18.7. The van der Waals surface area contributed by atoms with Crippen molar-refractivity contribution in [1.29, 1.82) is 0 Å². The van der Waals surface area contributed by atoms with Gasteiger partial charge < -0.3 is 15.4 Å². The van der Waals surface area contributed by atoms with Crippen molar-refractivity contribution < 1.29 is 19.1 Å². The highest BCUT2D eigenvalue weighted by atomic mass is 16.5. The summed E-state index contributed by atoms with van der Waals surface area (Å²) in [6.45, 7) is 2.44. The molecule has 0 aliphatic carbocycles. The minimum atomic E-state index is -0.995. The van der Waals surface area contributed by atoms with E-state index >= 15 is 0 Å². The van der Waals surface area contributed by atoms with Crippen molar-refractivity contribution >= 4 is 40.9 Å². The molecule has 0 aromatic heterocycles. The molecule has 0 radical (unpaired) electrons. The van der Waals surface area contributed by atoms with E-state index in [0.717, 1.165) is 5.56 Å². The molecule has 1 aliphatic heterocycles. The number of nitrogens with zero attached hydrogens (tertiary/aromatic N) is 1. The van der Waals surface area contributed by atoms with Crippen LogP contribution in [0.5, 0.6) is 5.75 Å². The van der Waals surface area contributed by atoms with Gasteiger partial charge in [-0.2, -0.15) is 0 Å². The van der Waals surface area contributed by atoms with E-state index in [-0.39, 0.29) is 18.2 Å². The van der Waals surface area contributed by atoms with Gasteiger partial charge in [0.1, 0.15) is 11.8 Å². The molecule has 34 heavy (non-hydrogen) atoms. The van der Waals surface area contributed by atoms with Gasteiger partial charge in [-0.1, -0.05) is 42.5 Å². The number of nitrogens with one attached hydrogen (secondary N) is 2.